The molecule has 0 unspecified atom stereocenters. The predicted molar refractivity (Wildman–Crippen MR) is 75.9 cm³/mol. The highest BCUT2D eigenvalue weighted by atomic mass is 16.1. The second-order valence-electron chi connectivity index (χ2n) is 4.94. The number of carbonyl (C=O) groups excluding carboxylic acids is 1. The molecule has 2 heterocycles. The van der Waals surface area contributed by atoms with Crippen LogP contribution in [0.2, 0.25) is 0 Å². The fraction of sp³-hybridized carbons (Fsp3) is 0.571. The van der Waals surface area contributed by atoms with E-state index < -0.39 is 0 Å². The molecule has 104 valence electrons. The number of amides is 1. The molecule has 0 radical (unpaired) electrons. The van der Waals surface area contributed by atoms with Gasteiger partial charge in [-0.15, -0.1) is 0 Å². The highest BCUT2D eigenvalue weighted by molar-refractivity contribution is 5.73. The normalized spacial score (nSPS) is 16.5. The Bertz CT molecular complexity index is 388. The molecule has 5 nitrogen and oxygen atoms in total. The molecule has 1 aliphatic heterocycles. The summed E-state index contributed by atoms with van der Waals surface area (Å²) >= 11 is 0. The van der Waals surface area contributed by atoms with E-state index in [-0.39, 0.29) is 5.91 Å². The van der Waals surface area contributed by atoms with Crippen molar-refractivity contribution in [1.29, 1.82) is 0 Å². The third-order valence-corrected chi connectivity index (χ3v) is 3.49. The van der Waals surface area contributed by atoms with Crippen LogP contribution in [-0.4, -0.2) is 48.5 Å². The standard InChI is InChI=1S/C14H22N4O/c15-13(19)5-2-4-8-17-9-11-18(12-10-17)14-6-1-3-7-16-14/h1,3,6-7H,2,4-5,8-12H2,(H2,15,19). The second kappa shape index (κ2) is 7.09. The molecule has 0 aromatic carbocycles. The molecule has 1 amide bonds. The summed E-state index contributed by atoms with van der Waals surface area (Å²) in [5.74, 6) is 0.871. The SMILES string of the molecule is NC(=O)CCCCN1CCN(c2ccccn2)CC1. The van der Waals surface area contributed by atoms with Crippen molar-refractivity contribution in [2.45, 2.75) is 19.3 Å². The molecule has 1 saturated heterocycles. The number of rotatable bonds is 6. The molecule has 19 heavy (non-hydrogen) atoms. The molecule has 5 heteroatoms. The molecule has 0 aliphatic carbocycles. The van der Waals surface area contributed by atoms with Crippen LogP contribution in [-0.2, 0) is 4.79 Å². The number of aromatic nitrogens is 1. The quantitative estimate of drug-likeness (QED) is 0.772. The van der Waals surface area contributed by atoms with Gasteiger partial charge in [-0.25, -0.2) is 4.98 Å². The summed E-state index contributed by atoms with van der Waals surface area (Å²) in [6.45, 7) is 5.23. The number of hydrogen-bond donors (Lipinski definition) is 1. The van der Waals surface area contributed by atoms with Gasteiger partial charge in [-0.05, 0) is 31.5 Å². The van der Waals surface area contributed by atoms with Crippen LogP contribution in [0.15, 0.2) is 24.4 Å². The molecule has 1 aliphatic rings. The first-order valence-electron chi connectivity index (χ1n) is 6.92. The highest BCUT2D eigenvalue weighted by Gasteiger charge is 2.17. The molecule has 1 aromatic heterocycles. The lowest BCUT2D eigenvalue weighted by Crippen LogP contribution is -2.46. The Morgan fingerprint density at radius 3 is 2.63 bits per heavy atom. The van der Waals surface area contributed by atoms with Crippen molar-refractivity contribution in [3.8, 4) is 0 Å². The minimum atomic E-state index is -0.194. The molecular formula is C14H22N4O. The zero-order chi connectivity index (χ0) is 13.5. The van der Waals surface area contributed by atoms with Crippen molar-refractivity contribution in [2.24, 2.45) is 5.73 Å². The van der Waals surface area contributed by atoms with E-state index in [0.717, 1.165) is 51.4 Å². The number of hydrogen-bond acceptors (Lipinski definition) is 4. The number of unbranched alkanes of at least 4 members (excludes halogenated alkanes) is 1. The Kier molecular flexibility index (Phi) is 5.15. The Hall–Kier alpha value is -1.62. The molecule has 1 fully saturated rings. The summed E-state index contributed by atoms with van der Waals surface area (Å²) in [5, 5.41) is 0. The fourth-order valence-corrected chi connectivity index (χ4v) is 2.38. The van der Waals surface area contributed by atoms with Crippen LogP contribution in [0.25, 0.3) is 0 Å². The molecule has 0 bridgehead atoms. The zero-order valence-electron chi connectivity index (χ0n) is 11.3. The third kappa shape index (κ3) is 4.52. The van der Waals surface area contributed by atoms with E-state index in [1.54, 1.807) is 0 Å². The first kappa shape index (κ1) is 13.8. The minimum Gasteiger partial charge on any atom is -0.370 e. The summed E-state index contributed by atoms with van der Waals surface area (Å²) in [6.07, 6.45) is 4.29. The van der Waals surface area contributed by atoms with Gasteiger partial charge in [0.05, 0.1) is 0 Å². The molecular weight excluding hydrogens is 240 g/mol. The maximum absolute atomic E-state index is 10.6. The highest BCUT2D eigenvalue weighted by Crippen LogP contribution is 2.12. The van der Waals surface area contributed by atoms with E-state index in [1.165, 1.54) is 0 Å². The van der Waals surface area contributed by atoms with Crippen molar-refractivity contribution >= 4 is 11.7 Å². The maximum Gasteiger partial charge on any atom is 0.217 e. The van der Waals surface area contributed by atoms with E-state index in [1.807, 2.05) is 18.3 Å². The first-order chi connectivity index (χ1) is 9.25. The van der Waals surface area contributed by atoms with Crippen molar-refractivity contribution in [3.05, 3.63) is 24.4 Å². The van der Waals surface area contributed by atoms with Crippen molar-refractivity contribution < 1.29 is 4.79 Å². The van der Waals surface area contributed by atoms with E-state index in [0.29, 0.717) is 6.42 Å². The summed E-state index contributed by atoms with van der Waals surface area (Å²) in [7, 11) is 0. The lowest BCUT2D eigenvalue weighted by molar-refractivity contribution is -0.118. The van der Waals surface area contributed by atoms with Crippen molar-refractivity contribution in [3.63, 3.8) is 0 Å². The van der Waals surface area contributed by atoms with Crippen LogP contribution in [0.5, 0.6) is 0 Å². The molecule has 0 atom stereocenters. The lowest BCUT2D eigenvalue weighted by atomic mass is 10.2. The Morgan fingerprint density at radius 1 is 1.21 bits per heavy atom. The largest absolute Gasteiger partial charge is 0.370 e. The fourth-order valence-electron chi connectivity index (χ4n) is 2.38. The third-order valence-electron chi connectivity index (χ3n) is 3.49. The van der Waals surface area contributed by atoms with Gasteiger partial charge in [0.15, 0.2) is 0 Å². The van der Waals surface area contributed by atoms with Gasteiger partial charge in [-0.2, -0.15) is 0 Å². The number of pyridine rings is 1. The van der Waals surface area contributed by atoms with Crippen LogP contribution >= 0.6 is 0 Å². The Labute approximate surface area is 114 Å². The molecule has 1 aromatic rings. The number of carbonyl (C=O) groups is 1. The van der Waals surface area contributed by atoms with Gasteiger partial charge in [0.2, 0.25) is 5.91 Å². The lowest BCUT2D eigenvalue weighted by Gasteiger charge is -2.35. The molecule has 2 rings (SSSR count). The van der Waals surface area contributed by atoms with E-state index >= 15 is 0 Å². The van der Waals surface area contributed by atoms with E-state index in [4.69, 9.17) is 5.73 Å². The van der Waals surface area contributed by atoms with E-state index in [9.17, 15) is 4.79 Å². The van der Waals surface area contributed by atoms with Gasteiger partial charge in [0.25, 0.3) is 0 Å². The van der Waals surface area contributed by atoms with Gasteiger partial charge in [0.1, 0.15) is 5.82 Å². The number of piperazine rings is 1. The van der Waals surface area contributed by atoms with Crippen molar-refractivity contribution in [1.82, 2.24) is 9.88 Å². The van der Waals surface area contributed by atoms with Gasteiger partial charge in [-0.1, -0.05) is 6.07 Å². The van der Waals surface area contributed by atoms with Gasteiger partial charge in [0, 0.05) is 38.8 Å². The first-order valence-corrected chi connectivity index (χ1v) is 6.92. The Balaban J connectivity index is 1.67. The number of anilines is 1. The van der Waals surface area contributed by atoms with Crippen LogP contribution < -0.4 is 10.6 Å². The molecule has 0 spiro atoms. The average molecular weight is 262 g/mol. The minimum absolute atomic E-state index is 0.194. The van der Waals surface area contributed by atoms with Crippen LogP contribution in [0.1, 0.15) is 19.3 Å². The van der Waals surface area contributed by atoms with Crippen LogP contribution in [0.3, 0.4) is 0 Å². The van der Waals surface area contributed by atoms with Gasteiger partial charge < -0.3 is 10.6 Å². The number of primary amides is 1. The number of nitrogens with zero attached hydrogens (tertiary/aromatic N) is 3. The van der Waals surface area contributed by atoms with E-state index in [2.05, 4.69) is 20.9 Å². The topological polar surface area (TPSA) is 62.5 Å². The second-order valence-corrected chi connectivity index (χ2v) is 4.94. The number of nitrogens with two attached hydrogens (primary N) is 1. The summed E-state index contributed by atoms with van der Waals surface area (Å²) in [5.41, 5.74) is 5.13. The summed E-state index contributed by atoms with van der Waals surface area (Å²) in [6, 6.07) is 6.03. The predicted octanol–water partition coefficient (Wildman–Crippen LogP) is 0.859. The summed E-state index contributed by atoms with van der Waals surface area (Å²) < 4.78 is 0. The van der Waals surface area contributed by atoms with Crippen LogP contribution in [0, 0.1) is 0 Å². The van der Waals surface area contributed by atoms with Gasteiger partial charge in [-0.3, -0.25) is 9.69 Å². The average Bonchev–Trinajstić information content (AvgIpc) is 2.45. The van der Waals surface area contributed by atoms with Gasteiger partial charge >= 0.3 is 0 Å². The zero-order valence-corrected chi connectivity index (χ0v) is 11.3. The monoisotopic (exact) mass is 262 g/mol. The Morgan fingerprint density at radius 2 is 2.00 bits per heavy atom. The summed E-state index contributed by atoms with van der Waals surface area (Å²) in [4.78, 5) is 19.8. The van der Waals surface area contributed by atoms with Crippen LogP contribution in [0.4, 0.5) is 5.82 Å². The molecule has 0 saturated carbocycles. The van der Waals surface area contributed by atoms with Crippen molar-refractivity contribution in [2.75, 3.05) is 37.6 Å². The molecule has 2 N–H and O–H groups in total. The smallest absolute Gasteiger partial charge is 0.217 e. The maximum atomic E-state index is 10.6.